The van der Waals surface area contributed by atoms with E-state index in [9.17, 15) is 15.2 Å². The van der Waals surface area contributed by atoms with Crippen molar-refractivity contribution < 1.29 is 14.6 Å². The molecule has 2 aliphatic rings. The number of esters is 1. The molecule has 2 fully saturated rings. The predicted octanol–water partition coefficient (Wildman–Crippen LogP) is 4.14. The van der Waals surface area contributed by atoms with Gasteiger partial charge in [-0.3, -0.25) is 4.79 Å². The number of aromatic hydroxyl groups is 1. The summed E-state index contributed by atoms with van der Waals surface area (Å²) < 4.78 is 5.65. The number of carbonyl (C=O) groups excluding carboxylic acids is 1. The quantitative estimate of drug-likeness (QED) is 0.501. The molecule has 0 radical (unpaired) electrons. The second kappa shape index (κ2) is 10.9. The zero-order chi connectivity index (χ0) is 24.9. The predicted molar refractivity (Wildman–Crippen MR) is 138 cm³/mol. The Morgan fingerprint density at radius 2 is 1.89 bits per heavy atom. The molecule has 0 bridgehead atoms. The Labute approximate surface area is 210 Å². The smallest absolute Gasteiger partial charge is 0.329 e. The molecule has 2 N–H and O–H groups in total. The number of hydrogen-bond acceptors (Lipinski definition) is 8. The Balaban J connectivity index is 1.50. The molecule has 0 spiro atoms. The molecular weight excluding hydrogens is 454 g/mol. The average Bonchev–Trinajstić information content (AvgIpc) is 2.93. The van der Waals surface area contributed by atoms with Gasteiger partial charge in [0.2, 0.25) is 0 Å². The van der Waals surface area contributed by atoms with Crippen LogP contribution in [0, 0.1) is 17.2 Å². The van der Waals surface area contributed by atoms with Crippen molar-refractivity contribution in [1.82, 2.24) is 15.3 Å². The Hall–Kier alpha value is -3.70. The van der Waals surface area contributed by atoms with Crippen LogP contribution in [0.3, 0.4) is 0 Å². The van der Waals surface area contributed by atoms with E-state index in [1.165, 1.54) is 6.42 Å². The van der Waals surface area contributed by atoms with E-state index in [4.69, 9.17) is 14.7 Å². The van der Waals surface area contributed by atoms with Crippen LogP contribution in [0.1, 0.15) is 43.7 Å². The SMILES string of the molecule is N#CC(C(=O)OCC1CCCCC1)c1nc2ccc(-c3ccccc3O)cc2nc1N1CCNCC1. The molecule has 2 heterocycles. The molecule has 36 heavy (non-hydrogen) atoms. The fraction of sp³-hybridized carbons (Fsp3) is 0.429. The molecule has 8 nitrogen and oxygen atoms in total. The van der Waals surface area contributed by atoms with Gasteiger partial charge in [-0.15, -0.1) is 0 Å². The zero-order valence-corrected chi connectivity index (χ0v) is 20.3. The van der Waals surface area contributed by atoms with Crippen LogP contribution in [0.15, 0.2) is 42.5 Å². The monoisotopic (exact) mass is 485 g/mol. The lowest BCUT2D eigenvalue weighted by Crippen LogP contribution is -2.44. The number of phenolic OH excluding ortho intramolecular Hbond substituents is 1. The van der Waals surface area contributed by atoms with Gasteiger partial charge >= 0.3 is 5.97 Å². The first-order valence-electron chi connectivity index (χ1n) is 12.8. The summed E-state index contributed by atoms with van der Waals surface area (Å²) in [6.45, 7) is 3.30. The van der Waals surface area contributed by atoms with Crippen LogP contribution < -0.4 is 10.2 Å². The number of hydrogen-bond donors (Lipinski definition) is 2. The van der Waals surface area contributed by atoms with E-state index >= 15 is 0 Å². The Bertz CT molecular complexity index is 1280. The summed E-state index contributed by atoms with van der Waals surface area (Å²) >= 11 is 0. The molecular formula is C28H31N5O3. The van der Waals surface area contributed by atoms with Crippen molar-refractivity contribution in [2.45, 2.75) is 38.0 Å². The fourth-order valence-corrected chi connectivity index (χ4v) is 5.11. The topological polar surface area (TPSA) is 111 Å². The first kappa shape index (κ1) is 24.0. The Morgan fingerprint density at radius 1 is 1.11 bits per heavy atom. The van der Waals surface area contributed by atoms with E-state index in [0.717, 1.165) is 44.3 Å². The number of fused-ring (bicyclic) bond motifs is 1. The average molecular weight is 486 g/mol. The van der Waals surface area contributed by atoms with Crippen LogP contribution in [0.5, 0.6) is 5.75 Å². The molecule has 1 aromatic heterocycles. The minimum atomic E-state index is -1.15. The molecule has 1 unspecified atom stereocenters. The summed E-state index contributed by atoms with van der Waals surface area (Å²) in [5, 5.41) is 23.7. The molecule has 0 amide bonds. The second-order valence-electron chi connectivity index (χ2n) is 9.59. The number of ether oxygens (including phenoxy) is 1. The van der Waals surface area contributed by atoms with Crippen molar-refractivity contribution in [3.8, 4) is 22.9 Å². The van der Waals surface area contributed by atoms with Crippen LogP contribution >= 0.6 is 0 Å². The van der Waals surface area contributed by atoms with Crippen molar-refractivity contribution in [3.63, 3.8) is 0 Å². The van der Waals surface area contributed by atoms with Crippen molar-refractivity contribution >= 4 is 22.8 Å². The zero-order valence-electron chi connectivity index (χ0n) is 20.3. The molecule has 1 aliphatic carbocycles. The van der Waals surface area contributed by atoms with Gasteiger partial charge in [-0.1, -0.05) is 43.5 Å². The number of anilines is 1. The number of nitriles is 1. The number of nitrogens with one attached hydrogen (secondary N) is 1. The summed E-state index contributed by atoms with van der Waals surface area (Å²) in [4.78, 5) is 24.9. The molecule has 1 saturated heterocycles. The number of piperazine rings is 1. The number of rotatable bonds is 6. The third kappa shape index (κ3) is 5.12. The van der Waals surface area contributed by atoms with Crippen LogP contribution in [-0.4, -0.2) is 53.8 Å². The van der Waals surface area contributed by atoms with Crippen molar-refractivity contribution in [2.75, 3.05) is 37.7 Å². The lowest BCUT2D eigenvalue weighted by atomic mass is 9.90. The highest BCUT2D eigenvalue weighted by Crippen LogP contribution is 2.33. The van der Waals surface area contributed by atoms with E-state index in [2.05, 4.69) is 16.3 Å². The standard InChI is InChI=1S/C28H31N5O3/c29-17-22(28(35)36-18-19-6-2-1-3-7-19)26-27(33-14-12-30-13-15-33)32-24-16-20(10-11-23(24)31-26)21-8-4-5-9-25(21)34/h4-5,8-11,16,19,22,30,34H,1-3,6-7,12-15,18H2. The van der Waals surface area contributed by atoms with Gasteiger partial charge in [-0.2, -0.15) is 5.26 Å². The molecule has 5 rings (SSSR count). The number of benzene rings is 2. The number of carbonyl (C=O) groups is 1. The van der Waals surface area contributed by atoms with E-state index in [1.807, 2.05) is 30.3 Å². The maximum atomic E-state index is 13.1. The van der Waals surface area contributed by atoms with Gasteiger partial charge < -0.3 is 20.1 Å². The Kier molecular flexibility index (Phi) is 7.28. The highest BCUT2D eigenvalue weighted by Gasteiger charge is 2.31. The largest absolute Gasteiger partial charge is 0.507 e. The minimum absolute atomic E-state index is 0.189. The number of nitrogens with zero attached hydrogens (tertiary/aromatic N) is 4. The van der Waals surface area contributed by atoms with Gasteiger partial charge in [-0.05, 0) is 42.5 Å². The first-order valence-corrected chi connectivity index (χ1v) is 12.8. The minimum Gasteiger partial charge on any atom is -0.507 e. The van der Waals surface area contributed by atoms with E-state index in [-0.39, 0.29) is 5.75 Å². The number of phenols is 1. The molecule has 3 aromatic rings. The number of para-hydroxylation sites is 1. The first-order chi connectivity index (χ1) is 17.6. The third-order valence-electron chi connectivity index (χ3n) is 7.13. The summed E-state index contributed by atoms with van der Waals surface area (Å²) in [7, 11) is 0. The van der Waals surface area contributed by atoms with Crippen LogP contribution in [0.25, 0.3) is 22.2 Å². The van der Waals surface area contributed by atoms with Gasteiger partial charge in [0, 0.05) is 31.7 Å². The summed E-state index contributed by atoms with van der Waals surface area (Å²) in [6.07, 6.45) is 5.68. The van der Waals surface area contributed by atoms with E-state index < -0.39 is 11.9 Å². The summed E-state index contributed by atoms with van der Waals surface area (Å²) in [5.41, 5.74) is 3.09. The molecule has 2 aromatic carbocycles. The number of aromatic nitrogens is 2. The summed E-state index contributed by atoms with van der Waals surface area (Å²) in [5.74, 6) is -0.606. The highest BCUT2D eigenvalue weighted by atomic mass is 16.5. The van der Waals surface area contributed by atoms with Gasteiger partial charge in [0.15, 0.2) is 11.7 Å². The molecule has 1 aliphatic heterocycles. The molecule has 1 atom stereocenters. The van der Waals surface area contributed by atoms with Gasteiger partial charge in [0.1, 0.15) is 11.4 Å². The summed E-state index contributed by atoms with van der Waals surface area (Å²) in [6, 6.07) is 14.9. The third-order valence-corrected chi connectivity index (χ3v) is 7.13. The van der Waals surface area contributed by atoms with Crippen LogP contribution in [-0.2, 0) is 9.53 Å². The van der Waals surface area contributed by atoms with Gasteiger partial charge in [0.05, 0.1) is 23.7 Å². The second-order valence-corrected chi connectivity index (χ2v) is 9.59. The van der Waals surface area contributed by atoms with Gasteiger partial charge in [-0.25, -0.2) is 9.97 Å². The lowest BCUT2D eigenvalue weighted by molar-refractivity contribution is -0.145. The van der Waals surface area contributed by atoms with Crippen LogP contribution in [0.2, 0.25) is 0 Å². The Morgan fingerprint density at radius 3 is 2.64 bits per heavy atom. The van der Waals surface area contributed by atoms with Crippen molar-refractivity contribution in [1.29, 1.82) is 5.26 Å². The van der Waals surface area contributed by atoms with Crippen molar-refractivity contribution in [3.05, 3.63) is 48.2 Å². The van der Waals surface area contributed by atoms with Gasteiger partial charge in [0.25, 0.3) is 0 Å². The normalized spacial score (nSPS) is 17.5. The maximum Gasteiger partial charge on any atom is 0.329 e. The fourth-order valence-electron chi connectivity index (χ4n) is 5.11. The highest BCUT2D eigenvalue weighted by molar-refractivity contribution is 5.87. The van der Waals surface area contributed by atoms with Crippen molar-refractivity contribution in [2.24, 2.45) is 5.92 Å². The maximum absolute atomic E-state index is 13.1. The molecule has 1 saturated carbocycles. The lowest BCUT2D eigenvalue weighted by Gasteiger charge is -2.30. The van der Waals surface area contributed by atoms with E-state index in [1.54, 1.807) is 12.1 Å². The van der Waals surface area contributed by atoms with Crippen LogP contribution in [0.4, 0.5) is 5.82 Å². The van der Waals surface area contributed by atoms with E-state index in [0.29, 0.717) is 53.7 Å². The molecule has 186 valence electrons. The molecule has 8 heteroatoms.